The van der Waals surface area contributed by atoms with E-state index in [1.165, 1.54) is 7.11 Å². The minimum atomic E-state index is -1.15. The van der Waals surface area contributed by atoms with Gasteiger partial charge in [-0.1, -0.05) is 18.2 Å². The number of aromatic hydroxyl groups is 1. The summed E-state index contributed by atoms with van der Waals surface area (Å²) in [5.74, 6) is -0.602. The minimum absolute atomic E-state index is 0.201. The van der Waals surface area contributed by atoms with Crippen LogP contribution in [0.3, 0.4) is 0 Å². The maximum atomic E-state index is 13.2. The Balaban J connectivity index is 1.59. The number of aryl methyl sites for hydroxylation is 3. The third-order valence-electron chi connectivity index (χ3n) is 6.30. The molecule has 3 aromatic rings. The van der Waals surface area contributed by atoms with Crippen molar-refractivity contribution in [3.8, 4) is 11.5 Å². The number of nitrogens with one attached hydrogen (secondary N) is 3. The fourth-order valence-electron chi connectivity index (χ4n) is 4.19. The number of hydrogen-bond donors (Lipinski definition) is 5. The van der Waals surface area contributed by atoms with E-state index in [1.54, 1.807) is 56.3 Å². The number of nitrogens with two attached hydrogens (primary N) is 1. The van der Waals surface area contributed by atoms with Crippen LogP contribution in [0.2, 0.25) is 0 Å². The molecule has 0 bridgehead atoms. The number of anilines is 1. The van der Waals surface area contributed by atoms with Crippen molar-refractivity contribution in [1.82, 2.24) is 20.6 Å². The van der Waals surface area contributed by atoms with Crippen LogP contribution < -0.4 is 26.4 Å². The lowest BCUT2D eigenvalue weighted by Gasteiger charge is -2.19. The van der Waals surface area contributed by atoms with Crippen molar-refractivity contribution in [2.24, 2.45) is 5.73 Å². The highest BCUT2D eigenvalue weighted by molar-refractivity contribution is 5.99. The number of nitrogens with zero attached hydrogens (tertiary/aromatic N) is 2. The molecule has 12 heteroatoms. The molecule has 0 spiro atoms. The molecular weight excluding hydrogens is 540 g/mol. The first-order valence-corrected chi connectivity index (χ1v) is 13.7. The zero-order valence-electron chi connectivity index (χ0n) is 24.1. The maximum absolute atomic E-state index is 13.2. The van der Waals surface area contributed by atoms with Crippen LogP contribution in [0.4, 0.5) is 5.95 Å². The average molecular weight is 579 g/mol. The second-order valence-corrected chi connectivity index (χ2v) is 9.57. The van der Waals surface area contributed by atoms with Gasteiger partial charge in [0.25, 0.3) is 11.8 Å². The largest absolute Gasteiger partial charge is 0.508 e. The Hall–Kier alpha value is -4.71. The van der Waals surface area contributed by atoms with Crippen LogP contribution in [0.1, 0.15) is 50.5 Å². The molecule has 0 saturated carbocycles. The van der Waals surface area contributed by atoms with Gasteiger partial charge in [0.05, 0.1) is 30.7 Å². The number of phenolic OH excluding ortho intramolecular Hbond substituents is 1. The fourth-order valence-corrected chi connectivity index (χ4v) is 4.19. The van der Waals surface area contributed by atoms with Crippen LogP contribution in [0.25, 0.3) is 0 Å². The zero-order chi connectivity index (χ0) is 30.5. The predicted molar refractivity (Wildman–Crippen MR) is 158 cm³/mol. The van der Waals surface area contributed by atoms with Crippen molar-refractivity contribution in [2.75, 3.05) is 38.7 Å². The molecule has 0 aliphatic heterocycles. The Morgan fingerprint density at radius 3 is 2.43 bits per heavy atom. The van der Waals surface area contributed by atoms with E-state index in [1.807, 2.05) is 6.07 Å². The quantitative estimate of drug-likeness (QED) is 0.133. The van der Waals surface area contributed by atoms with Crippen molar-refractivity contribution in [2.45, 2.75) is 39.2 Å². The molecule has 2 aromatic carbocycles. The van der Waals surface area contributed by atoms with Crippen molar-refractivity contribution in [1.29, 1.82) is 0 Å². The zero-order valence-corrected chi connectivity index (χ0v) is 24.1. The molecule has 3 rings (SSSR count). The molecule has 1 unspecified atom stereocenters. The lowest BCUT2D eigenvalue weighted by Crippen LogP contribution is -2.49. The number of phenols is 1. The van der Waals surface area contributed by atoms with E-state index in [-0.39, 0.29) is 17.9 Å². The lowest BCUT2D eigenvalue weighted by molar-refractivity contribution is -0.142. The summed E-state index contributed by atoms with van der Waals surface area (Å²) in [6.07, 6.45) is 2.23. The Morgan fingerprint density at radius 1 is 1.00 bits per heavy atom. The van der Waals surface area contributed by atoms with Crippen LogP contribution in [-0.2, 0) is 16.0 Å². The summed E-state index contributed by atoms with van der Waals surface area (Å²) in [6.45, 7) is 4.67. The molecule has 2 amide bonds. The number of hydrogen-bond acceptors (Lipinski definition) is 10. The molecule has 42 heavy (non-hydrogen) atoms. The summed E-state index contributed by atoms with van der Waals surface area (Å²) in [6, 6.07) is 12.6. The van der Waals surface area contributed by atoms with Gasteiger partial charge in [-0.3, -0.25) is 9.59 Å². The molecule has 6 N–H and O–H groups in total. The number of methoxy groups -OCH3 is 1. The Labute approximate surface area is 245 Å². The molecule has 224 valence electrons. The molecular formula is C30H38N6O6. The summed E-state index contributed by atoms with van der Waals surface area (Å²) in [5, 5.41) is 18.0. The molecule has 1 aromatic heterocycles. The number of carbonyl (C=O) groups is 3. The highest BCUT2D eigenvalue weighted by atomic mass is 16.5. The van der Waals surface area contributed by atoms with Gasteiger partial charge < -0.3 is 36.3 Å². The van der Waals surface area contributed by atoms with Gasteiger partial charge in [-0.05, 0) is 75.5 Å². The monoisotopic (exact) mass is 578 g/mol. The number of carbonyl (C=O) groups excluding carboxylic acids is 3. The van der Waals surface area contributed by atoms with E-state index in [4.69, 9.17) is 15.2 Å². The highest BCUT2D eigenvalue weighted by Crippen LogP contribution is 2.16. The summed E-state index contributed by atoms with van der Waals surface area (Å²) in [5.41, 5.74) is 7.92. The van der Waals surface area contributed by atoms with Crippen molar-refractivity contribution in [3.05, 3.63) is 76.6 Å². The summed E-state index contributed by atoms with van der Waals surface area (Å²) in [4.78, 5) is 47.2. The van der Waals surface area contributed by atoms with Crippen molar-refractivity contribution >= 4 is 23.7 Å². The van der Waals surface area contributed by atoms with Gasteiger partial charge in [0.1, 0.15) is 17.5 Å². The highest BCUT2D eigenvalue weighted by Gasteiger charge is 2.26. The lowest BCUT2D eigenvalue weighted by atomic mass is 10.1. The van der Waals surface area contributed by atoms with E-state index in [0.717, 1.165) is 18.4 Å². The van der Waals surface area contributed by atoms with Crippen LogP contribution in [0.5, 0.6) is 11.5 Å². The number of amides is 2. The smallest absolute Gasteiger partial charge is 0.330 e. The topological polar surface area (TPSA) is 178 Å². The third kappa shape index (κ3) is 9.44. The molecule has 0 radical (unpaired) electrons. The van der Waals surface area contributed by atoms with Gasteiger partial charge >= 0.3 is 5.97 Å². The van der Waals surface area contributed by atoms with Crippen LogP contribution in [0, 0.1) is 13.8 Å². The Kier molecular flexibility index (Phi) is 12.1. The van der Waals surface area contributed by atoms with Gasteiger partial charge in [0.15, 0.2) is 0 Å². The first-order valence-electron chi connectivity index (χ1n) is 13.7. The summed E-state index contributed by atoms with van der Waals surface area (Å²) in [7, 11) is 1.20. The van der Waals surface area contributed by atoms with E-state index >= 15 is 0 Å². The first-order chi connectivity index (χ1) is 20.2. The minimum Gasteiger partial charge on any atom is -0.508 e. The van der Waals surface area contributed by atoms with Gasteiger partial charge in [-0.15, -0.1) is 0 Å². The number of benzene rings is 2. The van der Waals surface area contributed by atoms with E-state index in [2.05, 4.69) is 25.9 Å². The average Bonchev–Trinajstić information content (AvgIpc) is 2.97. The third-order valence-corrected chi connectivity index (χ3v) is 6.30. The molecule has 0 saturated heterocycles. The van der Waals surface area contributed by atoms with Gasteiger partial charge in [0.2, 0.25) is 5.95 Å². The Morgan fingerprint density at radius 2 is 1.74 bits per heavy atom. The molecule has 1 atom stereocenters. The number of aromatic nitrogens is 2. The normalized spacial score (nSPS) is 11.3. The van der Waals surface area contributed by atoms with Gasteiger partial charge in [-0.2, -0.15) is 0 Å². The fraction of sp³-hybridized carbons (Fsp3) is 0.367. The van der Waals surface area contributed by atoms with E-state index < -0.39 is 23.8 Å². The maximum Gasteiger partial charge on any atom is 0.330 e. The standard InChI is InChI=1S/C30H38N6O6/c1-19-26(20(2)35-30(34-19)32-14-6-9-21-8-4-11-23(37)16-21)28(39)36-25(29(40)41-3)18-33-27(38)22-10-5-12-24(17-22)42-15-7-13-31/h4-5,8,10-12,16-17,25,37H,6-7,9,13-15,18,31H2,1-3H3,(H,33,38)(H,36,39)(H,32,34,35). The van der Waals surface area contributed by atoms with E-state index in [0.29, 0.717) is 54.8 Å². The molecule has 0 fully saturated rings. The van der Waals surface area contributed by atoms with Crippen LogP contribution in [-0.4, -0.2) is 72.3 Å². The molecule has 0 aliphatic carbocycles. The van der Waals surface area contributed by atoms with E-state index in [9.17, 15) is 19.5 Å². The van der Waals surface area contributed by atoms with Gasteiger partial charge in [0, 0.05) is 18.7 Å². The number of esters is 1. The SMILES string of the molecule is COC(=O)C(CNC(=O)c1cccc(OCCCN)c1)NC(=O)c1c(C)nc(NCCCc2cccc(O)c2)nc1C. The number of ether oxygens (including phenoxy) is 2. The summed E-state index contributed by atoms with van der Waals surface area (Å²) < 4.78 is 10.4. The van der Waals surface area contributed by atoms with Crippen LogP contribution in [0.15, 0.2) is 48.5 Å². The molecule has 0 aliphatic rings. The Bertz CT molecular complexity index is 1360. The van der Waals surface area contributed by atoms with Gasteiger partial charge in [-0.25, -0.2) is 14.8 Å². The van der Waals surface area contributed by atoms with Crippen molar-refractivity contribution < 1.29 is 29.0 Å². The number of rotatable bonds is 15. The van der Waals surface area contributed by atoms with Crippen LogP contribution >= 0.6 is 0 Å². The molecule has 12 nitrogen and oxygen atoms in total. The second kappa shape index (κ2) is 15.9. The van der Waals surface area contributed by atoms with Crippen molar-refractivity contribution in [3.63, 3.8) is 0 Å². The summed E-state index contributed by atoms with van der Waals surface area (Å²) >= 11 is 0. The first kappa shape index (κ1) is 31.8. The molecule has 1 heterocycles. The second-order valence-electron chi connectivity index (χ2n) is 9.57. The predicted octanol–water partition coefficient (Wildman–Crippen LogP) is 2.27.